The van der Waals surface area contributed by atoms with Gasteiger partial charge in [0.25, 0.3) is 0 Å². The summed E-state index contributed by atoms with van der Waals surface area (Å²) in [6, 6.07) is 0. The summed E-state index contributed by atoms with van der Waals surface area (Å²) in [7, 11) is 0. The first-order valence-corrected chi connectivity index (χ1v) is 2.21. The molecular formula is C4H12INSn. The van der Waals surface area contributed by atoms with Crippen molar-refractivity contribution in [2.24, 2.45) is 0 Å². The molecule has 44 valence electrons. The van der Waals surface area contributed by atoms with Crippen molar-refractivity contribution >= 4 is 23.9 Å². The summed E-state index contributed by atoms with van der Waals surface area (Å²) in [5, 5.41) is 0. The van der Waals surface area contributed by atoms with Gasteiger partial charge >= 0.3 is 0 Å². The minimum absolute atomic E-state index is 0. The average Bonchev–Trinajstić information content (AvgIpc) is 1.41. The molecular weight excluding hydrogens is 308 g/mol. The van der Waals surface area contributed by atoms with Crippen LogP contribution in [0.25, 0.3) is 0 Å². The van der Waals surface area contributed by atoms with E-state index in [1.54, 1.807) is 0 Å². The molecule has 7 heavy (non-hydrogen) atoms. The van der Waals surface area contributed by atoms with Crippen LogP contribution in [-0.2, 0) is 0 Å². The van der Waals surface area contributed by atoms with Crippen molar-refractivity contribution < 1.29 is 29.7 Å². The van der Waals surface area contributed by atoms with E-state index in [1.807, 2.05) is 0 Å². The van der Waals surface area contributed by atoms with E-state index in [1.165, 1.54) is 12.8 Å². The van der Waals surface area contributed by atoms with Crippen LogP contribution in [0, 0.1) is 0 Å². The van der Waals surface area contributed by atoms with Crippen molar-refractivity contribution in [2.45, 2.75) is 19.8 Å². The number of unbranched alkanes of at least 4 members (excludes halogenated alkanes) is 1. The van der Waals surface area contributed by atoms with Crippen LogP contribution in [0.3, 0.4) is 0 Å². The molecule has 0 aliphatic rings. The fourth-order valence-electron chi connectivity index (χ4n) is 0.250. The molecule has 1 nitrogen and oxygen atoms in total. The van der Waals surface area contributed by atoms with Crippen molar-refractivity contribution in [3.05, 3.63) is 0 Å². The largest absolute Gasteiger partial charge is 1.00 e. The monoisotopic (exact) mass is 321 g/mol. The Morgan fingerprint density at radius 1 is 1.43 bits per heavy atom. The minimum Gasteiger partial charge on any atom is -1.00 e. The van der Waals surface area contributed by atoms with Crippen molar-refractivity contribution in [1.82, 2.24) is 0 Å². The number of rotatable bonds is 2. The predicted octanol–water partition coefficient (Wildman–Crippen LogP) is -3.35. The topological polar surface area (TPSA) is 27.6 Å². The van der Waals surface area contributed by atoms with Crippen molar-refractivity contribution in [2.75, 3.05) is 6.54 Å². The smallest absolute Gasteiger partial charge is 0.0739 e. The normalized spacial score (nSPS) is 6.00. The molecule has 0 spiro atoms. The Morgan fingerprint density at radius 2 is 1.86 bits per heavy atom. The number of halogens is 1. The third kappa shape index (κ3) is 18.5. The van der Waals surface area contributed by atoms with Gasteiger partial charge in [-0.25, -0.2) is 0 Å². The molecule has 0 saturated carbocycles. The van der Waals surface area contributed by atoms with E-state index >= 15 is 0 Å². The summed E-state index contributed by atoms with van der Waals surface area (Å²) in [4.78, 5) is 0. The van der Waals surface area contributed by atoms with Gasteiger partial charge < -0.3 is 29.7 Å². The summed E-state index contributed by atoms with van der Waals surface area (Å²) in [6.45, 7) is 3.27. The zero-order valence-electron chi connectivity index (χ0n) is 4.71. The van der Waals surface area contributed by atoms with Crippen LogP contribution in [0.1, 0.15) is 19.8 Å². The van der Waals surface area contributed by atoms with Gasteiger partial charge in [0.15, 0.2) is 0 Å². The molecule has 0 aromatic carbocycles. The molecule has 0 unspecified atom stereocenters. The van der Waals surface area contributed by atoms with E-state index in [4.69, 9.17) is 0 Å². The molecule has 0 saturated heterocycles. The maximum atomic E-state index is 3.68. The molecule has 0 heterocycles. The fraction of sp³-hybridized carbons (Fsp3) is 1.00. The van der Waals surface area contributed by atoms with Gasteiger partial charge in [0, 0.05) is 23.9 Å². The standard InChI is InChI=1S/C4H11N.HI.Sn/c1-2-3-4-5;;/h2-5H2,1H3;1H;. The van der Waals surface area contributed by atoms with Crippen LogP contribution in [0.15, 0.2) is 0 Å². The Balaban J connectivity index is -0.0000000800. The molecule has 4 radical (unpaired) electrons. The van der Waals surface area contributed by atoms with E-state index in [2.05, 4.69) is 12.7 Å². The molecule has 0 atom stereocenters. The zero-order chi connectivity index (χ0) is 4.12. The number of hydrogen-bond acceptors (Lipinski definition) is 0. The molecule has 0 aliphatic carbocycles. The first kappa shape index (κ1) is 15.8. The number of quaternary nitrogens is 1. The summed E-state index contributed by atoms with van der Waals surface area (Å²) in [5.41, 5.74) is 3.68. The zero-order valence-corrected chi connectivity index (χ0v) is 9.72. The van der Waals surface area contributed by atoms with Gasteiger partial charge in [-0.3, -0.25) is 0 Å². The molecule has 0 aromatic rings. The van der Waals surface area contributed by atoms with Crippen LogP contribution in [0.4, 0.5) is 0 Å². The molecule has 0 amide bonds. The fourth-order valence-corrected chi connectivity index (χ4v) is 0.250. The van der Waals surface area contributed by atoms with E-state index in [0.717, 1.165) is 6.54 Å². The second-order valence-electron chi connectivity index (χ2n) is 1.21. The van der Waals surface area contributed by atoms with Gasteiger partial charge in [-0.1, -0.05) is 13.3 Å². The maximum Gasteiger partial charge on any atom is 0.0739 e. The molecule has 0 bridgehead atoms. The van der Waals surface area contributed by atoms with Crippen molar-refractivity contribution in [3.63, 3.8) is 0 Å². The Labute approximate surface area is 79.4 Å². The van der Waals surface area contributed by atoms with E-state index < -0.39 is 0 Å². The summed E-state index contributed by atoms with van der Waals surface area (Å²) in [6.07, 6.45) is 2.56. The van der Waals surface area contributed by atoms with Crippen molar-refractivity contribution in [3.8, 4) is 0 Å². The Kier molecular flexibility index (Phi) is 35.3. The summed E-state index contributed by atoms with van der Waals surface area (Å²) >= 11 is 0. The van der Waals surface area contributed by atoms with Crippen LogP contribution in [-0.4, -0.2) is 30.5 Å². The Bertz CT molecular complexity index is 19.2. The van der Waals surface area contributed by atoms with Crippen LogP contribution in [0.5, 0.6) is 0 Å². The van der Waals surface area contributed by atoms with E-state index in [9.17, 15) is 0 Å². The first-order chi connectivity index (χ1) is 2.41. The Morgan fingerprint density at radius 3 is 1.86 bits per heavy atom. The average molecular weight is 320 g/mol. The van der Waals surface area contributed by atoms with Crippen LogP contribution in [0.2, 0.25) is 0 Å². The van der Waals surface area contributed by atoms with Gasteiger partial charge in [-0.2, -0.15) is 0 Å². The van der Waals surface area contributed by atoms with Crippen molar-refractivity contribution in [1.29, 1.82) is 0 Å². The van der Waals surface area contributed by atoms with Crippen LogP contribution >= 0.6 is 0 Å². The third-order valence-electron chi connectivity index (χ3n) is 0.604. The maximum absolute atomic E-state index is 3.68. The van der Waals surface area contributed by atoms with Gasteiger partial charge in [-0.15, -0.1) is 0 Å². The Hall–Kier alpha value is 1.49. The van der Waals surface area contributed by atoms with E-state index in [-0.39, 0.29) is 47.9 Å². The summed E-state index contributed by atoms with van der Waals surface area (Å²) < 4.78 is 0. The second-order valence-corrected chi connectivity index (χ2v) is 1.21. The third-order valence-corrected chi connectivity index (χ3v) is 0.604. The van der Waals surface area contributed by atoms with Gasteiger partial charge in [-0.05, 0) is 6.42 Å². The second kappa shape index (κ2) is 15.6. The molecule has 0 aromatic heterocycles. The van der Waals surface area contributed by atoms with Crippen LogP contribution < -0.4 is 29.7 Å². The quantitative estimate of drug-likeness (QED) is 0.407. The molecule has 3 N–H and O–H groups in total. The van der Waals surface area contributed by atoms with Gasteiger partial charge in [0.05, 0.1) is 6.54 Å². The predicted molar refractivity (Wildman–Crippen MR) is 28.4 cm³/mol. The number of hydrogen-bond donors (Lipinski definition) is 1. The van der Waals surface area contributed by atoms with E-state index in [0.29, 0.717) is 0 Å². The van der Waals surface area contributed by atoms with Gasteiger partial charge in [0.2, 0.25) is 0 Å². The minimum atomic E-state index is 0. The molecule has 0 rings (SSSR count). The van der Waals surface area contributed by atoms with Gasteiger partial charge in [0.1, 0.15) is 0 Å². The summed E-state index contributed by atoms with van der Waals surface area (Å²) in [5.74, 6) is 0. The SMILES string of the molecule is CCCC[NH3+].[I-].[Sn]. The molecule has 0 fully saturated rings. The molecule has 0 aliphatic heterocycles. The first-order valence-electron chi connectivity index (χ1n) is 2.21. The molecule has 3 heteroatoms.